The van der Waals surface area contributed by atoms with Crippen molar-refractivity contribution >= 4 is 23.9 Å². The lowest BCUT2D eigenvalue weighted by molar-refractivity contribution is -0.158. The number of ether oxygens (including phenoxy) is 1. The number of carbonyl (C=O) groups excluding carboxylic acids is 3. The maximum atomic E-state index is 11.8. The van der Waals surface area contributed by atoms with Crippen LogP contribution in [-0.4, -0.2) is 51.6 Å². The Morgan fingerprint density at radius 1 is 1.29 bits per heavy atom. The molecule has 1 heterocycles. The Labute approximate surface area is 121 Å². The number of β-lactam (4-membered cyclic amide) rings is 1. The lowest BCUT2D eigenvalue weighted by Crippen LogP contribution is -2.71. The Kier molecular flexibility index (Phi) is 4.72. The van der Waals surface area contributed by atoms with Gasteiger partial charge in [-0.15, -0.1) is 0 Å². The lowest BCUT2D eigenvalue weighted by Gasteiger charge is -2.43. The number of carbonyl (C=O) groups is 4. The summed E-state index contributed by atoms with van der Waals surface area (Å²) in [5.74, 6) is -2.63. The molecule has 0 aromatic rings. The molecule has 8 heteroatoms. The molecule has 0 spiro atoms. The number of carboxylic acids is 1. The molecule has 1 saturated heterocycles. The van der Waals surface area contributed by atoms with E-state index in [1.165, 1.54) is 0 Å². The van der Waals surface area contributed by atoms with Gasteiger partial charge in [-0.05, 0) is 27.7 Å². The van der Waals surface area contributed by atoms with Gasteiger partial charge in [-0.1, -0.05) is 0 Å². The van der Waals surface area contributed by atoms with Crippen molar-refractivity contribution in [1.29, 1.82) is 0 Å². The minimum Gasteiger partial charge on any atom is -0.478 e. The summed E-state index contributed by atoms with van der Waals surface area (Å²) in [6.45, 7) is 6.62. The molecule has 0 aliphatic carbocycles. The van der Waals surface area contributed by atoms with E-state index in [9.17, 15) is 19.2 Å². The Morgan fingerprint density at radius 3 is 2.29 bits per heavy atom. The predicted molar refractivity (Wildman–Crippen MR) is 71.2 cm³/mol. The van der Waals surface area contributed by atoms with Crippen molar-refractivity contribution in [1.82, 2.24) is 10.2 Å². The van der Waals surface area contributed by atoms with E-state index in [1.54, 1.807) is 27.7 Å². The number of nitrogens with one attached hydrogen (secondary N) is 1. The van der Waals surface area contributed by atoms with E-state index in [4.69, 9.17) is 9.84 Å². The van der Waals surface area contributed by atoms with Crippen LogP contribution in [0.1, 0.15) is 27.7 Å². The molecule has 0 aromatic heterocycles. The van der Waals surface area contributed by atoms with Crippen LogP contribution in [0.3, 0.4) is 0 Å². The molecule has 0 radical (unpaired) electrons. The highest BCUT2D eigenvalue weighted by Crippen LogP contribution is 2.21. The number of likely N-dealkylation sites (tertiary alicyclic amines) is 1. The second-order valence-corrected chi connectivity index (χ2v) is 5.58. The first kappa shape index (κ1) is 16.7. The van der Waals surface area contributed by atoms with Crippen molar-refractivity contribution < 1.29 is 29.0 Å². The molecule has 21 heavy (non-hydrogen) atoms. The van der Waals surface area contributed by atoms with Gasteiger partial charge in [0.25, 0.3) is 11.8 Å². The fourth-order valence-corrected chi connectivity index (χ4v) is 1.77. The van der Waals surface area contributed by atoms with Crippen molar-refractivity contribution in [3.63, 3.8) is 0 Å². The Hall–Kier alpha value is -2.38. The highest BCUT2D eigenvalue weighted by molar-refractivity contribution is 6.09. The predicted octanol–water partition coefficient (Wildman–Crippen LogP) is 0.278. The third-order valence-electron chi connectivity index (χ3n) is 2.67. The number of carboxylic acid groups (broad SMARTS) is 1. The maximum Gasteiger partial charge on any atom is 0.408 e. The summed E-state index contributed by atoms with van der Waals surface area (Å²) in [6, 6.07) is -1.43. The molecule has 0 saturated carbocycles. The van der Waals surface area contributed by atoms with E-state index in [0.717, 1.165) is 11.0 Å². The molecule has 1 fully saturated rings. The SMILES string of the molecule is C[C@H]1[C@H](NC(=O)OC(C)(C)C)C(=O)N1C(=O)/C=C\C(=O)O. The molecule has 116 valence electrons. The molecule has 3 amide bonds. The Balaban J connectivity index is 2.60. The first-order valence-corrected chi connectivity index (χ1v) is 6.30. The van der Waals surface area contributed by atoms with E-state index in [0.29, 0.717) is 6.08 Å². The van der Waals surface area contributed by atoms with Crippen LogP contribution >= 0.6 is 0 Å². The zero-order valence-electron chi connectivity index (χ0n) is 12.2. The van der Waals surface area contributed by atoms with Gasteiger partial charge in [-0.2, -0.15) is 0 Å². The van der Waals surface area contributed by atoms with Gasteiger partial charge >= 0.3 is 12.1 Å². The average molecular weight is 298 g/mol. The summed E-state index contributed by atoms with van der Waals surface area (Å²) in [6.07, 6.45) is 0.693. The smallest absolute Gasteiger partial charge is 0.408 e. The summed E-state index contributed by atoms with van der Waals surface area (Å²) in [5.41, 5.74) is -0.695. The number of alkyl carbamates (subject to hydrolysis) is 1. The lowest BCUT2D eigenvalue weighted by atomic mass is 9.96. The number of aliphatic carboxylic acids is 1. The monoisotopic (exact) mass is 298 g/mol. The number of nitrogens with zero attached hydrogens (tertiary/aromatic N) is 1. The normalized spacial score (nSPS) is 21.9. The molecule has 2 N–H and O–H groups in total. The van der Waals surface area contributed by atoms with Crippen molar-refractivity contribution in [3.05, 3.63) is 12.2 Å². The van der Waals surface area contributed by atoms with Crippen LogP contribution in [0.5, 0.6) is 0 Å². The molecular formula is C13H18N2O6. The number of hydrogen-bond acceptors (Lipinski definition) is 5. The van der Waals surface area contributed by atoms with Crippen LogP contribution in [0.25, 0.3) is 0 Å². The average Bonchev–Trinajstić information content (AvgIpc) is 2.31. The summed E-state index contributed by atoms with van der Waals surface area (Å²) in [7, 11) is 0. The number of rotatable bonds is 3. The van der Waals surface area contributed by atoms with E-state index >= 15 is 0 Å². The van der Waals surface area contributed by atoms with Crippen LogP contribution in [0.2, 0.25) is 0 Å². The second kappa shape index (κ2) is 5.94. The third kappa shape index (κ3) is 4.30. The summed E-state index contributed by atoms with van der Waals surface area (Å²) in [4.78, 5) is 46.2. The van der Waals surface area contributed by atoms with Crippen molar-refractivity contribution in [2.75, 3.05) is 0 Å². The van der Waals surface area contributed by atoms with Gasteiger partial charge in [-0.25, -0.2) is 9.59 Å². The maximum absolute atomic E-state index is 11.8. The number of amides is 3. The van der Waals surface area contributed by atoms with Gasteiger partial charge < -0.3 is 15.2 Å². The van der Waals surface area contributed by atoms with Gasteiger partial charge in [0.15, 0.2) is 0 Å². The Morgan fingerprint density at radius 2 is 1.86 bits per heavy atom. The summed E-state index contributed by atoms with van der Waals surface area (Å²) >= 11 is 0. The zero-order chi connectivity index (χ0) is 16.4. The summed E-state index contributed by atoms with van der Waals surface area (Å²) in [5, 5.41) is 10.8. The van der Waals surface area contributed by atoms with Crippen molar-refractivity contribution in [2.24, 2.45) is 0 Å². The molecule has 8 nitrogen and oxygen atoms in total. The molecule has 0 unspecified atom stereocenters. The van der Waals surface area contributed by atoms with E-state index in [1.807, 2.05) is 0 Å². The van der Waals surface area contributed by atoms with Crippen LogP contribution < -0.4 is 5.32 Å². The van der Waals surface area contributed by atoms with Gasteiger partial charge in [0, 0.05) is 12.2 Å². The highest BCUT2D eigenvalue weighted by Gasteiger charge is 2.48. The molecule has 2 atom stereocenters. The topological polar surface area (TPSA) is 113 Å². The molecule has 1 aliphatic rings. The second-order valence-electron chi connectivity index (χ2n) is 5.58. The number of imide groups is 1. The van der Waals surface area contributed by atoms with Gasteiger partial charge in [0.1, 0.15) is 11.6 Å². The fraction of sp³-hybridized carbons (Fsp3) is 0.538. The van der Waals surface area contributed by atoms with E-state index < -0.39 is 41.6 Å². The van der Waals surface area contributed by atoms with Crippen molar-refractivity contribution in [2.45, 2.75) is 45.4 Å². The van der Waals surface area contributed by atoms with Crippen LogP contribution in [0.4, 0.5) is 4.79 Å². The minimum absolute atomic E-state index is 0.573. The van der Waals surface area contributed by atoms with Crippen LogP contribution in [0, 0.1) is 0 Å². The molecule has 0 aromatic carbocycles. The fourth-order valence-electron chi connectivity index (χ4n) is 1.77. The standard InChI is InChI=1S/C13H18N2O6/c1-7-10(14-12(20)21-13(2,3)4)11(19)15(7)8(16)5-6-9(17)18/h5-7,10H,1-4H3,(H,14,20)(H,17,18)/b6-5-/t7-,10-/m0/s1. The zero-order valence-corrected chi connectivity index (χ0v) is 12.2. The minimum atomic E-state index is -1.28. The third-order valence-corrected chi connectivity index (χ3v) is 2.67. The molecule has 0 bridgehead atoms. The van der Waals surface area contributed by atoms with E-state index in [-0.39, 0.29) is 0 Å². The molecule has 1 rings (SSSR count). The van der Waals surface area contributed by atoms with Crippen LogP contribution in [-0.2, 0) is 19.1 Å². The van der Waals surface area contributed by atoms with Gasteiger partial charge in [0.2, 0.25) is 0 Å². The van der Waals surface area contributed by atoms with Gasteiger partial charge in [-0.3, -0.25) is 14.5 Å². The summed E-state index contributed by atoms with van der Waals surface area (Å²) < 4.78 is 5.02. The first-order chi connectivity index (χ1) is 9.53. The van der Waals surface area contributed by atoms with Crippen LogP contribution in [0.15, 0.2) is 12.2 Å². The quantitative estimate of drug-likeness (QED) is 0.571. The molecule has 1 aliphatic heterocycles. The largest absolute Gasteiger partial charge is 0.478 e. The Bertz CT molecular complexity index is 505. The highest BCUT2D eigenvalue weighted by atomic mass is 16.6. The van der Waals surface area contributed by atoms with E-state index in [2.05, 4.69) is 5.32 Å². The molecular weight excluding hydrogens is 280 g/mol. The first-order valence-electron chi connectivity index (χ1n) is 6.30. The van der Waals surface area contributed by atoms with Gasteiger partial charge in [0.05, 0.1) is 6.04 Å². The van der Waals surface area contributed by atoms with Crippen molar-refractivity contribution in [3.8, 4) is 0 Å². The number of hydrogen-bond donors (Lipinski definition) is 2.